The molecular formula is C20H28O2. The van der Waals surface area contributed by atoms with E-state index in [0.717, 1.165) is 24.2 Å². The van der Waals surface area contributed by atoms with E-state index in [-0.39, 0.29) is 11.3 Å². The lowest BCUT2D eigenvalue weighted by Crippen LogP contribution is -2.43. The first-order valence-electron chi connectivity index (χ1n) is 8.25. The predicted octanol–water partition coefficient (Wildman–Crippen LogP) is 4.99. The number of rotatable bonds is 4. The highest BCUT2D eigenvalue weighted by Gasteiger charge is 2.44. The summed E-state index contributed by atoms with van der Waals surface area (Å²) in [6, 6.07) is 7.94. The van der Waals surface area contributed by atoms with E-state index >= 15 is 0 Å². The van der Waals surface area contributed by atoms with Gasteiger partial charge in [-0.1, -0.05) is 52.0 Å². The number of hydrogen-bond donors (Lipinski definition) is 0. The maximum Gasteiger partial charge on any atom is 0.146 e. The van der Waals surface area contributed by atoms with Crippen molar-refractivity contribution in [2.75, 3.05) is 7.11 Å². The molecule has 0 N–H and O–H groups in total. The summed E-state index contributed by atoms with van der Waals surface area (Å²) in [5.41, 5.74) is 0.930. The Labute approximate surface area is 134 Å². The van der Waals surface area contributed by atoms with Gasteiger partial charge in [-0.15, -0.1) is 0 Å². The minimum absolute atomic E-state index is 0.0308. The number of carbonyl (C=O) groups is 1. The van der Waals surface area contributed by atoms with Crippen LogP contribution in [0.1, 0.15) is 46.1 Å². The Hall–Kier alpha value is -1.57. The third kappa shape index (κ3) is 3.26. The standard InChI is InChI=1S/C20H28O2/c1-14(2)20(4)13-12-15(3)18(19(20)21)11-8-16-6-9-17(22-5)10-7-16/h6-11,14-15,18H,12-13H2,1-5H3/b11-8+/t15-,18?,20-/m1/s1. The van der Waals surface area contributed by atoms with Gasteiger partial charge in [-0.05, 0) is 42.4 Å². The number of ketones is 1. The third-order valence-electron chi connectivity index (χ3n) is 5.48. The summed E-state index contributed by atoms with van der Waals surface area (Å²) in [6.45, 7) is 8.66. The lowest BCUT2D eigenvalue weighted by molar-refractivity contribution is -0.138. The summed E-state index contributed by atoms with van der Waals surface area (Å²) >= 11 is 0. The van der Waals surface area contributed by atoms with Crippen molar-refractivity contribution in [2.45, 2.75) is 40.5 Å². The van der Waals surface area contributed by atoms with Gasteiger partial charge in [0, 0.05) is 11.3 Å². The highest BCUT2D eigenvalue weighted by molar-refractivity contribution is 5.90. The molecule has 1 unspecified atom stereocenters. The zero-order chi connectivity index (χ0) is 16.3. The lowest BCUT2D eigenvalue weighted by atomic mass is 9.61. The normalized spacial score (nSPS) is 29.3. The molecule has 22 heavy (non-hydrogen) atoms. The molecule has 0 spiro atoms. The van der Waals surface area contributed by atoms with Gasteiger partial charge in [-0.25, -0.2) is 0 Å². The number of hydrogen-bond acceptors (Lipinski definition) is 2. The molecule has 120 valence electrons. The second kappa shape index (κ2) is 6.68. The van der Waals surface area contributed by atoms with Crippen molar-refractivity contribution in [3.8, 4) is 5.75 Å². The van der Waals surface area contributed by atoms with E-state index < -0.39 is 0 Å². The van der Waals surface area contributed by atoms with Crippen LogP contribution in [0.15, 0.2) is 30.3 Å². The Morgan fingerprint density at radius 3 is 2.45 bits per heavy atom. The average molecular weight is 300 g/mol. The molecule has 3 atom stereocenters. The van der Waals surface area contributed by atoms with E-state index in [1.165, 1.54) is 0 Å². The van der Waals surface area contributed by atoms with E-state index in [4.69, 9.17) is 4.74 Å². The molecule has 1 aromatic carbocycles. The van der Waals surface area contributed by atoms with E-state index in [0.29, 0.717) is 17.6 Å². The van der Waals surface area contributed by atoms with E-state index in [1.54, 1.807) is 7.11 Å². The fraction of sp³-hybridized carbons (Fsp3) is 0.550. The van der Waals surface area contributed by atoms with Gasteiger partial charge in [0.2, 0.25) is 0 Å². The number of allylic oxidation sites excluding steroid dienone is 1. The summed E-state index contributed by atoms with van der Waals surface area (Å²) in [4.78, 5) is 12.9. The van der Waals surface area contributed by atoms with E-state index in [9.17, 15) is 4.79 Å². The zero-order valence-electron chi connectivity index (χ0n) is 14.4. The summed E-state index contributed by atoms with van der Waals surface area (Å²) < 4.78 is 5.17. The molecule has 0 heterocycles. The minimum atomic E-state index is -0.179. The van der Waals surface area contributed by atoms with E-state index in [1.807, 2.05) is 24.3 Å². The molecule has 2 rings (SSSR count). The Kier molecular flexibility index (Phi) is 5.10. The van der Waals surface area contributed by atoms with Crippen LogP contribution in [0.3, 0.4) is 0 Å². The lowest BCUT2D eigenvalue weighted by Gasteiger charge is -2.41. The van der Waals surface area contributed by atoms with Crippen LogP contribution in [-0.4, -0.2) is 12.9 Å². The van der Waals surface area contributed by atoms with Crippen LogP contribution in [0.2, 0.25) is 0 Å². The predicted molar refractivity (Wildman–Crippen MR) is 91.9 cm³/mol. The van der Waals surface area contributed by atoms with Crippen LogP contribution in [-0.2, 0) is 4.79 Å². The fourth-order valence-corrected chi connectivity index (χ4v) is 3.25. The Morgan fingerprint density at radius 1 is 1.27 bits per heavy atom. The third-order valence-corrected chi connectivity index (χ3v) is 5.48. The topological polar surface area (TPSA) is 26.3 Å². The largest absolute Gasteiger partial charge is 0.497 e. The molecule has 0 saturated heterocycles. The van der Waals surface area contributed by atoms with Crippen molar-refractivity contribution in [3.63, 3.8) is 0 Å². The van der Waals surface area contributed by atoms with Crippen molar-refractivity contribution in [1.29, 1.82) is 0 Å². The van der Waals surface area contributed by atoms with Crippen molar-refractivity contribution >= 4 is 11.9 Å². The summed E-state index contributed by atoms with van der Waals surface area (Å²) in [6.07, 6.45) is 6.31. The molecule has 2 nitrogen and oxygen atoms in total. The van der Waals surface area contributed by atoms with Gasteiger partial charge >= 0.3 is 0 Å². The maximum atomic E-state index is 12.9. The van der Waals surface area contributed by atoms with Gasteiger partial charge in [0.15, 0.2) is 0 Å². The van der Waals surface area contributed by atoms with Crippen LogP contribution in [0, 0.1) is 23.2 Å². The monoisotopic (exact) mass is 300 g/mol. The van der Waals surface area contributed by atoms with Gasteiger partial charge in [-0.3, -0.25) is 4.79 Å². The Balaban J connectivity index is 2.18. The molecule has 2 heteroatoms. The van der Waals surface area contributed by atoms with Crippen LogP contribution >= 0.6 is 0 Å². The fourth-order valence-electron chi connectivity index (χ4n) is 3.25. The number of benzene rings is 1. The highest BCUT2D eigenvalue weighted by atomic mass is 16.5. The summed E-state index contributed by atoms with van der Waals surface area (Å²) in [7, 11) is 1.67. The van der Waals surface area contributed by atoms with Crippen LogP contribution in [0.25, 0.3) is 6.08 Å². The van der Waals surface area contributed by atoms with Crippen molar-refractivity contribution in [2.24, 2.45) is 23.2 Å². The quantitative estimate of drug-likeness (QED) is 0.783. The first kappa shape index (κ1) is 16.8. The molecule has 0 aromatic heterocycles. The zero-order valence-corrected chi connectivity index (χ0v) is 14.4. The minimum Gasteiger partial charge on any atom is -0.497 e. The van der Waals surface area contributed by atoms with Gasteiger partial charge in [0.25, 0.3) is 0 Å². The molecule has 1 aliphatic carbocycles. The molecule has 1 fully saturated rings. The highest BCUT2D eigenvalue weighted by Crippen LogP contribution is 2.44. The molecule has 0 amide bonds. The van der Waals surface area contributed by atoms with Gasteiger partial charge in [-0.2, -0.15) is 0 Å². The number of ether oxygens (including phenoxy) is 1. The van der Waals surface area contributed by atoms with Crippen LogP contribution in [0.5, 0.6) is 5.75 Å². The SMILES string of the molecule is COc1ccc(/C=C/C2C(=O)[C@@](C)(C(C)C)CC[C@H]2C)cc1. The van der Waals surface area contributed by atoms with Gasteiger partial charge in [0.05, 0.1) is 7.11 Å². The Morgan fingerprint density at radius 2 is 1.91 bits per heavy atom. The summed E-state index contributed by atoms with van der Waals surface area (Å²) in [5.74, 6) is 2.11. The molecule has 1 saturated carbocycles. The smallest absolute Gasteiger partial charge is 0.146 e. The number of Topliss-reactive ketones (excluding diaryl/α,β-unsaturated/α-hetero) is 1. The Bertz CT molecular complexity index is 541. The molecular weight excluding hydrogens is 272 g/mol. The molecule has 0 bridgehead atoms. The maximum absolute atomic E-state index is 12.9. The van der Waals surface area contributed by atoms with Crippen LogP contribution < -0.4 is 4.74 Å². The summed E-state index contributed by atoms with van der Waals surface area (Å²) in [5, 5.41) is 0. The first-order chi connectivity index (χ1) is 10.4. The van der Waals surface area contributed by atoms with E-state index in [2.05, 4.69) is 39.8 Å². The van der Waals surface area contributed by atoms with Crippen LogP contribution in [0.4, 0.5) is 0 Å². The second-order valence-electron chi connectivity index (χ2n) is 7.11. The number of carbonyl (C=O) groups excluding carboxylic acids is 1. The average Bonchev–Trinajstić information content (AvgIpc) is 2.51. The van der Waals surface area contributed by atoms with Crippen molar-refractivity contribution in [3.05, 3.63) is 35.9 Å². The van der Waals surface area contributed by atoms with Gasteiger partial charge in [0.1, 0.15) is 11.5 Å². The van der Waals surface area contributed by atoms with Gasteiger partial charge < -0.3 is 4.74 Å². The molecule has 0 radical (unpaired) electrons. The van der Waals surface area contributed by atoms with Crippen molar-refractivity contribution < 1.29 is 9.53 Å². The molecule has 1 aliphatic rings. The second-order valence-corrected chi connectivity index (χ2v) is 7.11. The molecule has 1 aromatic rings. The molecule has 0 aliphatic heterocycles. The first-order valence-corrected chi connectivity index (χ1v) is 8.25. The number of methoxy groups -OCH3 is 1. The van der Waals surface area contributed by atoms with Crippen molar-refractivity contribution in [1.82, 2.24) is 0 Å².